The average Bonchev–Trinajstić information content (AvgIpc) is 3.01. The quantitative estimate of drug-likeness (QED) is 0.776. The van der Waals surface area contributed by atoms with Crippen molar-refractivity contribution in [1.29, 1.82) is 0 Å². The zero-order chi connectivity index (χ0) is 14.3. The van der Waals surface area contributed by atoms with E-state index in [1.54, 1.807) is 4.52 Å². The van der Waals surface area contributed by atoms with Crippen molar-refractivity contribution in [2.45, 2.75) is 33.6 Å². The molecule has 0 aliphatic heterocycles. The minimum atomic E-state index is 0.564. The van der Waals surface area contributed by atoms with Gasteiger partial charge in [0.25, 0.3) is 5.78 Å². The number of rotatable bonds is 3. The molecule has 0 amide bonds. The van der Waals surface area contributed by atoms with Gasteiger partial charge in [0.2, 0.25) is 0 Å². The highest BCUT2D eigenvalue weighted by molar-refractivity contribution is 5.52. The number of nitrogen functional groups attached to an aromatic ring is 1. The van der Waals surface area contributed by atoms with Gasteiger partial charge in [-0.3, -0.25) is 0 Å². The van der Waals surface area contributed by atoms with E-state index in [-0.39, 0.29) is 0 Å². The van der Waals surface area contributed by atoms with Gasteiger partial charge in [-0.2, -0.15) is 19.7 Å². The zero-order valence-electron chi connectivity index (χ0n) is 11.8. The first-order chi connectivity index (χ1) is 9.65. The largest absolute Gasteiger partial charge is 0.396 e. The first-order valence-electron chi connectivity index (χ1n) is 6.69. The van der Waals surface area contributed by atoms with Gasteiger partial charge >= 0.3 is 0 Å². The Bertz CT molecular complexity index is 768. The first-order valence-corrected chi connectivity index (χ1v) is 6.69. The number of nitrogens with two attached hydrogens (primary N) is 1. The standard InChI is InChI=1S/C13H17N7/c1-4-9-12(14)10(5-2)19(18-9)11-6-8(3)17-13-15-7-16-20(11)13/h6-7H,4-5,14H2,1-3H3. The topological polar surface area (TPSA) is 86.9 Å². The predicted octanol–water partition coefficient (Wildman–Crippen LogP) is 1.33. The van der Waals surface area contributed by atoms with Crippen molar-refractivity contribution in [3.8, 4) is 5.82 Å². The van der Waals surface area contributed by atoms with Crippen LogP contribution in [-0.2, 0) is 12.8 Å². The van der Waals surface area contributed by atoms with Gasteiger partial charge in [0.05, 0.1) is 17.1 Å². The first kappa shape index (κ1) is 12.6. The fourth-order valence-corrected chi connectivity index (χ4v) is 2.37. The molecule has 20 heavy (non-hydrogen) atoms. The lowest BCUT2D eigenvalue weighted by atomic mass is 10.2. The summed E-state index contributed by atoms with van der Waals surface area (Å²) < 4.78 is 3.53. The molecule has 7 nitrogen and oxygen atoms in total. The van der Waals surface area contributed by atoms with Gasteiger partial charge in [-0.05, 0) is 19.8 Å². The van der Waals surface area contributed by atoms with E-state index < -0.39 is 0 Å². The highest BCUT2D eigenvalue weighted by atomic mass is 15.4. The summed E-state index contributed by atoms with van der Waals surface area (Å²) >= 11 is 0. The van der Waals surface area contributed by atoms with Crippen LogP contribution in [0.2, 0.25) is 0 Å². The second-order valence-corrected chi connectivity index (χ2v) is 4.65. The van der Waals surface area contributed by atoms with Crippen LogP contribution >= 0.6 is 0 Å². The molecule has 0 saturated heterocycles. The molecule has 3 aromatic heterocycles. The molecule has 0 aliphatic rings. The maximum Gasteiger partial charge on any atom is 0.254 e. The van der Waals surface area contributed by atoms with Crippen molar-refractivity contribution in [3.05, 3.63) is 29.5 Å². The van der Waals surface area contributed by atoms with Crippen molar-refractivity contribution < 1.29 is 0 Å². The summed E-state index contributed by atoms with van der Waals surface area (Å²) in [5.74, 6) is 1.38. The third-order valence-electron chi connectivity index (χ3n) is 3.35. The Morgan fingerprint density at radius 1 is 1.25 bits per heavy atom. The van der Waals surface area contributed by atoms with Gasteiger partial charge in [0, 0.05) is 11.8 Å². The number of fused-ring (bicyclic) bond motifs is 1. The minimum absolute atomic E-state index is 0.564. The van der Waals surface area contributed by atoms with Gasteiger partial charge in [0.1, 0.15) is 6.33 Å². The van der Waals surface area contributed by atoms with Gasteiger partial charge in [-0.1, -0.05) is 13.8 Å². The third-order valence-corrected chi connectivity index (χ3v) is 3.35. The number of aromatic nitrogens is 6. The fourth-order valence-electron chi connectivity index (χ4n) is 2.37. The number of hydrogen-bond donors (Lipinski definition) is 1. The van der Waals surface area contributed by atoms with Gasteiger partial charge < -0.3 is 5.73 Å². The van der Waals surface area contributed by atoms with Crippen molar-refractivity contribution in [2.24, 2.45) is 0 Å². The van der Waals surface area contributed by atoms with Crippen molar-refractivity contribution in [2.75, 3.05) is 5.73 Å². The molecule has 0 spiro atoms. The van der Waals surface area contributed by atoms with Crippen LogP contribution in [0.25, 0.3) is 11.6 Å². The van der Waals surface area contributed by atoms with E-state index in [0.717, 1.165) is 41.4 Å². The average molecular weight is 271 g/mol. The molecule has 0 radical (unpaired) electrons. The Labute approximate surface area is 116 Å². The molecule has 3 heterocycles. The van der Waals surface area contributed by atoms with Crippen LogP contribution in [-0.4, -0.2) is 29.4 Å². The Morgan fingerprint density at radius 3 is 2.75 bits per heavy atom. The fraction of sp³-hybridized carbons (Fsp3) is 0.385. The van der Waals surface area contributed by atoms with Crippen LogP contribution < -0.4 is 5.73 Å². The van der Waals surface area contributed by atoms with Crippen LogP contribution in [0.15, 0.2) is 12.4 Å². The third kappa shape index (κ3) is 1.74. The molecule has 0 saturated carbocycles. The second-order valence-electron chi connectivity index (χ2n) is 4.65. The monoisotopic (exact) mass is 271 g/mol. The lowest BCUT2D eigenvalue weighted by Crippen LogP contribution is -2.10. The molecule has 0 aromatic carbocycles. The maximum absolute atomic E-state index is 6.18. The summed E-state index contributed by atoms with van der Waals surface area (Å²) in [6.07, 6.45) is 3.09. The summed E-state index contributed by atoms with van der Waals surface area (Å²) in [5.41, 5.74) is 9.70. The van der Waals surface area contributed by atoms with Crippen LogP contribution in [0, 0.1) is 6.92 Å². The van der Waals surface area contributed by atoms with Gasteiger partial charge in [-0.25, -0.2) is 9.67 Å². The van der Waals surface area contributed by atoms with E-state index in [1.807, 2.05) is 24.6 Å². The van der Waals surface area contributed by atoms with E-state index in [0.29, 0.717) is 5.78 Å². The summed E-state index contributed by atoms with van der Waals surface area (Å²) in [6, 6.07) is 1.94. The van der Waals surface area contributed by atoms with Crippen LogP contribution in [0.4, 0.5) is 5.69 Å². The Hall–Kier alpha value is -2.44. The highest BCUT2D eigenvalue weighted by Gasteiger charge is 2.17. The van der Waals surface area contributed by atoms with Gasteiger partial charge in [-0.15, -0.1) is 0 Å². The highest BCUT2D eigenvalue weighted by Crippen LogP contribution is 2.22. The lowest BCUT2D eigenvalue weighted by molar-refractivity contribution is 0.731. The van der Waals surface area contributed by atoms with E-state index >= 15 is 0 Å². The van der Waals surface area contributed by atoms with Crippen LogP contribution in [0.1, 0.15) is 30.9 Å². The molecule has 0 fully saturated rings. The molecule has 0 aliphatic carbocycles. The van der Waals surface area contributed by atoms with Crippen LogP contribution in [0.3, 0.4) is 0 Å². The van der Waals surface area contributed by atoms with Gasteiger partial charge in [0.15, 0.2) is 5.82 Å². The molecule has 2 N–H and O–H groups in total. The molecule has 0 bridgehead atoms. The second kappa shape index (κ2) is 4.59. The predicted molar refractivity (Wildman–Crippen MR) is 75.8 cm³/mol. The number of nitrogens with zero attached hydrogens (tertiary/aromatic N) is 6. The lowest BCUT2D eigenvalue weighted by Gasteiger charge is -2.08. The van der Waals surface area contributed by atoms with E-state index in [1.165, 1.54) is 6.33 Å². The number of aryl methyl sites for hydroxylation is 2. The Morgan fingerprint density at radius 2 is 2.05 bits per heavy atom. The molecule has 3 rings (SSSR count). The normalized spacial score (nSPS) is 11.3. The van der Waals surface area contributed by atoms with Crippen molar-refractivity contribution >= 4 is 11.5 Å². The summed E-state index contributed by atoms with van der Waals surface area (Å²) in [5, 5.41) is 8.83. The molecular weight excluding hydrogens is 254 g/mol. The Kier molecular flexibility index (Phi) is 2.89. The summed E-state index contributed by atoms with van der Waals surface area (Å²) in [6.45, 7) is 6.04. The summed E-state index contributed by atoms with van der Waals surface area (Å²) in [7, 11) is 0. The van der Waals surface area contributed by atoms with Crippen LogP contribution in [0.5, 0.6) is 0 Å². The molecule has 0 atom stereocenters. The number of hydrogen-bond acceptors (Lipinski definition) is 5. The van der Waals surface area contributed by atoms with E-state index in [9.17, 15) is 0 Å². The number of anilines is 1. The SMILES string of the molecule is CCc1nn(-c2cc(C)nc3ncnn23)c(CC)c1N. The van der Waals surface area contributed by atoms with E-state index in [4.69, 9.17) is 5.73 Å². The van der Waals surface area contributed by atoms with Crippen molar-refractivity contribution in [3.63, 3.8) is 0 Å². The molecule has 7 heteroatoms. The van der Waals surface area contributed by atoms with E-state index in [2.05, 4.69) is 27.1 Å². The Balaban J connectivity index is 2.33. The van der Waals surface area contributed by atoms with Crippen molar-refractivity contribution in [1.82, 2.24) is 29.4 Å². The smallest absolute Gasteiger partial charge is 0.254 e. The maximum atomic E-state index is 6.18. The molecular formula is C13H17N7. The molecule has 104 valence electrons. The summed E-state index contributed by atoms with van der Waals surface area (Å²) in [4.78, 5) is 8.48. The molecule has 3 aromatic rings. The zero-order valence-corrected chi connectivity index (χ0v) is 11.8. The molecule has 0 unspecified atom stereocenters. The minimum Gasteiger partial charge on any atom is -0.396 e.